The second-order valence-corrected chi connectivity index (χ2v) is 5.52. The molecule has 1 aliphatic heterocycles. The van der Waals surface area contributed by atoms with Crippen molar-refractivity contribution in [1.82, 2.24) is 0 Å². The lowest BCUT2D eigenvalue weighted by Crippen LogP contribution is -2.27. The number of aliphatic carboxylic acids is 1. The summed E-state index contributed by atoms with van der Waals surface area (Å²) in [5.74, 6) is -0.916. The average molecular weight is 262 g/mol. The number of hydrogen-bond donors (Lipinski definition) is 3. The molecule has 0 fully saturated rings. The summed E-state index contributed by atoms with van der Waals surface area (Å²) in [6, 6.07) is 5.26. The number of carbonyl (C=O) groups excluding carboxylic acids is 1. The van der Waals surface area contributed by atoms with Crippen molar-refractivity contribution in [3.05, 3.63) is 29.3 Å². The van der Waals surface area contributed by atoms with Crippen molar-refractivity contribution in [3.63, 3.8) is 0 Å². The summed E-state index contributed by atoms with van der Waals surface area (Å²) < 4.78 is 0. The molecule has 1 aromatic rings. The van der Waals surface area contributed by atoms with Crippen LogP contribution in [0.3, 0.4) is 0 Å². The highest BCUT2D eigenvalue weighted by Gasteiger charge is 2.38. The Balaban J connectivity index is 2.21. The Hall–Kier alpha value is -1.88. The predicted octanol–water partition coefficient (Wildman–Crippen LogP) is 1.26. The highest BCUT2D eigenvalue weighted by atomic mass is 16.4. The molecular formula is C14H18N2O3. The Morgan fingerprint density at radius 2 is 2.16 bits per heavy atom. The van der Waals surface area contributed by atoms with Gasteiger partial charge in [-0.1, -0.05) is 12.1 Å². The molecule has 1 unspecified atom stereocenters. The van der Waals surface area contributed by atoms with E-state index in [1.807, 2.05) is 32.0 Å². The number of fused-ring (bicyclic) bond motifs is 1. The molecule has 5 heteroatoms. The molecule has 102 valence electrons. The van der Waals surface area contributed by atoms with Gasteiger partial charge in [0, 0.05) is 11.7 Å². The Bertz CT molecular complexity index is 537. The van der Waals surface area contributed by atoms with E-state index in [-0.39, 0.29) is 12.3 Å². The summed E-state index contributed by atoms with van der Waals surface area (Å²) in [6.45, 7) is 3.74. The van der Waals surface area contributed by atoms with E-state index in [9.17, 15) is 9.59 Å². The van der Waals surface area contributed by atoms with Crippen LogP contribution in [0.4, 0.5) is 5.69 Å². The molecule has 2 rings (SSSR count). The number of rotatable bonds is 4. The van der Waals surface area contributed by atoms with E-state index < -0.39 is 17.4 Å². The van der Waals surface area contributed by atoms with E-state index in [0.717, 1.165) is 16.8 Å². The molecule has 1 atom stereocenters. The van der Waals surface area contributed by atoms with Gasteiger partial charge in [-0.05, 0) is 37.5 Å². The van der Waals surface area contributed by atoms with Crippen molar-refractivity contribution < 1.29 is 14.7 Å². The van der Waals surface area contributed by atoms with Crippen LogP contribution in [0.1, 0.15) is 31.4 Å². The van der Waals surface area contributed by atoms with E-state index >= 15 is 0 Å². The van der Waals surface area contributed by atoms with Gasteiger partial charge in [0.2, 0.25) is 5.91 Å². The van der Waals surface area contributed by atoms with Crippen molar-refractivity contribution in [2.45, 2.75) is 38.1 Å². The minimum Gasteiger partial charge on any atom is -0.481 e. The monoisotopic (exact) mass is 262 g/mol. The molecule has 0 saturated carbocycles. The van der Waals surface area contributed by atoms with E-state index in [1.165, 1.54) is 0 Å². The molecule has 19 heavy (non-hydrogen) atoms. The molecule has 4 N–H and O–H groups in total. The molecule has 5 nitrogen and oxygen atoms in total. The third kappa shape index (κ3) is 2.61. The molecular weight excluding hydrogens is 244 g/mol. The van der Waals surface area contributed by atoms with Gasteiger partial charge in [0.25, 0.3) is 0 Å². The van der Waals surface area contributed by atoms with Crippen LogP contribution in [0.5, 0.6) is 0 Å². The summed E-state index contributed by atoms with van der Waals surface area (Å²) in [5.41, 5.74) is 7.95. The number of carbonyl (C=O) groups is 2. The number of anilines is 1. The SMILES string of the molecule is CC1(C)C(=O)Nc2ccc(CC(N)CC(=O)O)cc21. The van der Waals surface area contributed by atoms with Crippen molar-refractivity contribution in [2.24, 2.45) is 5.73 Å². The van der Waals surface area contributed by atoms with Crippen molar-refractivity contribution >= 4 is 17.6 Å². The maximum absolute atomic E-state index is 11.8. The fourth-order valence-electron chi connectivity index (χ4n) is 2.34. The van der Waals surface area contributed by atoms with Crippen LogP contribution in [-0.2, 0) is 21.4 Å². The highest BCUT2D eigenvalue weighted by Crippen LogP contribution is 2.37. The molecule has 0 saturated heterocycles. The molecule has 1 aromatic carbocycles. The van der Waals surface area contributed by atoms with E-state index in [0.29, 0.717) is 6.42 Å². The first-order chi connectivity index (χ1) is 8.80. The minimum absolute atomic E-state index is 0.0190. The van der Waals surface area contributed by atoms with Gasteiger partial charge in [0.05, 0.1) is 11.8 Å². The highest BCUT2D eigenvalue weighted by molar-refractivity contribution is 6.05. The molecule has 0 spiro atoms. The third-order valence-corrected chi connectivity index (χ3v) is 3.51. The molecule has 1 amide bonds. The number of nitrogens with one attached hydrogen (secondary N) is 1. The minimum atomic E-state index is -0.897. The number of nitrogens with two attached hydrogens (primary N) is 1. The smallest absolute Gasteiger partial charge is 0.304 e. The second kappa shape index (κ2) is 4.66. The summed E-state index contributed by atoms with van der Waals surface area (Å²) in [7, 11) is 0. The zero-order chi connectivity index (χ0) is 14.2. The first kappa shape index (κ1) is 13.5. The average Bonchev–Trinajstić information content (AvgIpc) is 2.50. The maximum atomic E-state index is 11.8. The third-order valence-electron chi connectivity index (χ3n) is 3.51. The summed E-state index contributed by atoms with van der Waals surface area (Å²) in [4.78, 5) is 22.4. The van der Waals surface area contributed by atoms with Crippen LogP contribution in [0.15, 0.2) is 18.2 Å². The molecule has 1 aliphatic rings. The lowest BCUT2D eigenvalue weighted by Gasteiger charge is -2.16. The van der Waals surface area contributed by atoms with Crippen LogP contribution < -0.4 is 11.1 Å². The van der Waals surface area contributed by atoms with Gasteiger partial charge in [-0.15, -0.1) is 0 Å². The first-order valence-corrected chi connectivity index (χ1v) is 6.23. The number of hydrogen-bond acceptors (Lipinski definition) is 3. The standard InChI is InChI=1S/C14H18N2O3/c1-14(2)10-6-8(5-9(15)7-12(17)18)3-4-11(10)16-13(14)19/h3-4,6,9H,5,7,15H2,1-2H3,(H,16,19)(H,17,18). The van der Waals surface area contributed by atoms with E-state index in [4.69, 9.17) is 10.8 Å². The van der Waals surface area contributed by atoms with Gasteiger partial charge in [-0.2, -0.15) is 0 Å². The zero-order valence-corrected chi connectivity index (χ0v) is 11.1. The van der Waals surface area contributed by atoms with Gasteiger partial charge >= 0.3 is 5.97 Å². The Morgan fingerprint density at radius 1 is 1.47 bits per heavy atom. The van der Waals surface area contributed by atoms with Gasteiger partial charge in [-0.25, -0.2) is 0 Å². The molecule has 0 aromatic heterocycles. The summed E-state index contributed by atoms with van der Waals surface area (Å²) in [6.07, 6.45) is 0.432. The number of benzene rings is 1. The van der Waals surface area contributed by atoms with Gasteiger partial charge in [-0.3, -0.25) is 9.59 Å². The van der Waals surface area contributed by atoms with E-state index in [2.05, 4.69) is 5.32 Å². The molecule has 1 heterocycles. The Morgan fingerprint density at radius 3 is 2.79 bits per heavy atom. The molecule has 0 aliphatic carbocycles. The van der Waals surface area contributed by atoms with Gasteiger partial charge in [0.15, 0.2) is 0 Å². The molecule has 0 bridgehead atoms. The fraction of sp³-hybridized carbons (Fsp3) is 0.429. The number of amides is 1. The lowest BCUT2D eigenvalue weighted by molar-refractivity contribution is -0.137. The second-order valence-electron chi connectivity index (χ2n) is 5.52. The first-order valence-electron chi connectivity index (χ1n) is 6.23. The van der Waals surface area contributed by atoms with Crippen LogP contribution >= 0.6 is 0 Å². The van der Waals surface area contributed by atoms with Gasteiger partial charge in [0.1, 0.15) is 0 Å². The quantitative estimate of drug-likeness (QED) is 0.761. The summed E-state index contributed by atoms with van der Waals surface area (Å²) >= 11 is 0. The van der Waals surface area contributed by atoms with Crippen LogP contribution in [-0.4, -0.2) is 23.0 Å². The number of carboxylic acids is 1. The van der Waals surface area contributed by atoms with Crippen molar-refractivity contribution in [2.75, 3.05) is 5.32 Å². The topological polar surface area (TPSA) is 92.4 Å². The fourth-order valence-corrected chi connectivity index (χ4v) is 2.34. The largest absolute Gasteiger partial charge is 0.481 e. The van der Waals surface area contributed by atoms with Crippen LogP contribution in [0, 0.1) is 0 Å². The Labute approximate surface area is 111 Å². The molecule has 0 radical (unpaired) electrons. The lowest BCUT2D eigenvalue weighted by atomic mass is 9.85. The van der Waals surface area contributed by atoms with Crippen molar-refractivity contribution in [3.8, 4) is 0 Å². The zero-order valence-electron chi connectivity index (χ0n) is 11.1. The predicted molar refractivity (Wildman–Crippen MR) is 72.0 cm³/mol. The van der Waals surface area contributed by atoms with E-state index in [1.54, 1.807) is 0 Å². The van der Waals surface area contributed by atoms with Crippen molar-refractivity contribution in [1.29, 1.82) is 0 Å². The van der Waals surface area contributed by atoms with Crippen LogP contribution in [0.2, 0.25) is 0 Å². The number of carboxylic acid groups (broad SMARTS) is 1. The Kier molecular flexibility index (Phi) is 3.32. The summed E-state index contributed by atoms with van der Waals surface area (Å²) in [5, 5.41) is 11.5. The maximum Gasteiger partial charge on any atom is 0.304 e. The van der Waals surface area contributed by atoms with Crippen LogP contribution in [0.25, 0.3) is 0 Å². The normalized spacial score (nSPS) is 17.7. The van der Waals surface area contributed by atoms with Gasteiger partial charge < -0.3 is 16.2 Å².